The molecule has 1 aromatic heterocycles. The van der Waals surface area contributed by atoms with Gasteiger partial charge in [-0.2, -0.15) is 0 Å². The van der Waals surface area contributed by atoms with Crippen LogP contribution in [-0.2, 0) is 6.54 Å². The molecular weight excluding hydrogens is 281 g/mol. The molecule has 2 amide bonds. The van der Waals surface area contributed by atoms with E-state index in [9.17, 15) is 9.18 Å². The second-order valence-corrected chi connectivity index (χ2v) is 5.60. The molecule has 114 valence electrons. The molecule has 22 heavy (non-hydrogen) atoms. The Balaban J connectivity index is 1.73. The molecule has 0 aliphatic heterocycles. The molecule has 0 atom stereocenters. The van der Waals surface area contributed by atoms with E-state index in [1.807, 2.05) is 17.0 Å². The van der Waals surface area contributed by atoms with E-state index in [2.05, 4.69) is 10.3 Å². The zero-order chi connectivity index (χ0) is 15.5. The van der Waals surface area contributed by atoms with Gasteiger partial charge in [0.05, 0.1) is 0 Å². The first kappa shape index (κ1) is 14.5. The number of aromatic nitrogens is 1. The molecule has 0 radical (unpaired) electrons. The summed E-state index contributed by atoms with van der Waals surface area (Å²) < 4.78 is 13.1. The third kappa shape index (κ3) is 3.42. The lowest BCUT2D eigenvalue weighted by atomic mass is 10.2. The van der Waals surface area contributed by atoms with Crippen molar-refractivity contribution in [3.05, 3.63) is 59.7 Å². The Morgan fingerprint density at radius 1 is 1.32 bits per heavy atom. The molecule has 1 fully saturated rings. The van der Waals surface area contributed by atoms with E-state index in [0.717, 1.165) is 18.4 Å². The third-order valence-electron chi connectivity index (χ3n) is 3.78. The SMILES string of the molecule is Cc1cc(F)ccc1NC(=O)N(Cc1ccncc1)C1CC1. The Labute approximate surface area is 129 Å². The van der Waals surface area contributed by atoms with Gasteiger partial charge in [-0.05, 0) is 61.2 Å². The third-order valence-corrected chi connectivity index (χ3v) is 3.78. The van der Waals surface area contributed by atoms with Gasteiger partial charge >= 0.3 is 6.03 Å². The first-order chi connectivity index (χ1) is 10.6. The molecule has 1 aliphatic rings. The molecule has 1 aliphatic carbocycles. The van der Waals surface area contributed by atoms with Crippen molar-refractivity contribution in [3.8, 4) is 0 Å². The molecule has 3 rings (SSSR count). The van der Waals surface area contributed by atoms with Crippen LogP contribution >= 0.6 is 0 Å². The summed E-state index contributed by atoms with van der Waals surface area (Å²) in [6.07, 6.45) is 5.51. The van der Waals surface area contributed by atoms with Crippen molar-refractivity contribution in [2.45, 2.75) is 32.4 Å². The highest BCUT2D eigenvalue weighted by atomic mass is 19.1. The number of halogens is 1. The van der Waals surface area contributed by atoms with Crippen LogP contribution in [0.15, 0.2) is 42.7 Å². The molecule has 1 N–H and O–H groups in total. The number of urea groups is 1. The second kappa shape index (κ2) is 6.13. The normalized spacial score (nSPS) is 13.7. The molecule has 1 saturated carbocycles. The van der Waals surface area contributed by atoms with Crippen LogP contribution in [-0.4, -0.2) is 22.0 Å². The van der Waals surface area contributed by atoms with Crippen molar-refractivity contribution >= 4 is 11.7 Å². The van der Waals surface area contributed by atoms with E-state index >= 15 is 0 Å². The molecule has 0 saturated heterocycles. The summed E-state index contributed by atoms with van der Waals surface area (Å²) in [6.45, 7) is 2.34. The number of nitrogens with one attached hydrogen (secondary N) is 1. The Morgan fingerprint density at radius 3 is 2.68 bits per heavy atom. The maximum Gasteiger partial charge on any atom is 0.322 e. The lowest BCUT2D eigenvalue weighted by molar-refractivity contribution is 0.206. The van der Waals surface area contributed by atoms with Crippen molar-refractivity contribution < 1.29 is 9.18 Å². The van der Waals surface area contributed by atoms with Gasteiger partial charge in [-0.3, -0.25) is 4.98 Å². The van der Waals surface area contributed by atoms with Crippen LogP contribution in [0.4, 0.5) is 14.9 Å². The van der Waals surface area contributed by atoms with Crippen molar-refractivity contribution in [3.63, 3.8) is 0 Å². The molecule has 1 heterocycles. The molecule has 0 spiro atoms. The van der Waals surface area contributed by atoms with Crippen LogP contribution in [0.2, 0.25) is 0 Å². The molecule has 1 aromatic carbocycles. The summed E-state index contributed by atoms with van der Waals surface area (Å²) in [5, 5.41) is 2.88. The smallest absolute Gasteiger partial charge is 0.317 e. The first-order valence-corrected chi connectivity index (χ1v) is 7.36. The zero-order valence-electron chi connectivity index (χ0n) is 12.4. The summed E-state index contributed by atoms with van der Waals surface area (Å²) >= 11 is 0. The van der Waals surface area contributed by atoms with Crippen LogP contribution in [0.1, 0.15) is 24.0 Å². The maximum atomic E-state index is 13.1. The molecule has 0 unspecified atom stereocenters. The standard InChI is InChI=1S/C17H18FN3O/c1-12-10-14(18)2-5-16(12)20-17(22)21(15-3-4-15)11-13-6-8-19-9-7-13/h2,5-10,15H,3-4,11H2,1H3,(H,20,22). The van der Waals surface area contributed by atoms with E-state index in [0.29, 0.717) is 17.8 Å². The molecule has 2 aromatic rings. The quantitative estimate of drug-likeness (QED) is 0.935. The molecule has 0 bridgehead atoms. The summed E-state index contributed by atoms with van der Waals surface area (Å²) in [4.78, 5) is 18.4. The van der Waals surface area contributed by atoms with Gasteiger partial charge in [-0.15, -0.1) is 0 Å². The summed E-state index contributed by atoms with van der Waals surface area (Å²) in [7, 11) is 0. The van der Waals surface area contributed by atoms with Gasteiger partial charge < -0.3 is 10.2 Å². The van der Waals surface area contributed by atoms with E-state index in [1.54, 1.807) is 25.4 Å². The Bertz CT molecular complexity index is 671. The predicted octanol–water partition coefficient (Wildman–Crippen LogP) is 3.73. The van der Waals surface area contributed by atoms with Crippen LogP contribution in [0, 0.1) is 12.7 Å². The van der Waals surface area contributed by atoms with Crippen molar-refractivity contribution in [1.82, 2.24) is 9.88 Å². The topological polar surface area (TPSA) is 45.2 Å². The lowest BCUT2D eigenvalue weighted by Crippen LogP contribution is -2.36. The highest BCUT2D eigenvalue weighted by Gasteiger charge is 2.32. The van der Waals surface area contributed by atoms with Crippen molar-refractivity contribution in [2.75, 3.05) is 5.32 Å². The highest BCUT2D eigenvalue weighted by Crippen LogP contribution is 2.29. The Kier molecular flexibility index (Phi) is 4.04. The number of amides is 2. The first-order valence-electron chi connectivity index (χ1n) is 7.36. The number of carbonyl (C=O) groups is 1. The highest BCUT2D eigenvalue weighted by molar-refractivity contribution is 5.90. The number of benzene rings is 1. The maximum absolute atomic E-state index is 13.1. The fraction of sp³-hybridized carbons (Fsp3) is 0.294. The van der Waals surface area contributed by atoms with E-state index in [1.165, 1.54) is 12.1 Å². The number of aryl methyl sites for hydroxylation is 1. The monoisotopic (exact) mass is 299 g/mol. The molecule has 5 heteroatoms. The summed E-state index contributed by atoms with van der Waals surface area (Å²) in [6, 6.07) is 8.33. The summed E-state index contributed by atoms with van der Waals surface area (Å²) in [5.41, 5.74) is 2.41. The number of hydrogen-bond donors (Lipinski definition) is 1. The minimum absolute atomic E-state index is 0.144. The van der Waals surface area contributed by atoms with Gasteiger partial charge in [0.1, 0.15) is 5.82 Å². The van der Waals surface area contributed by atoms with Gasteiger partial charge in [-0.1, -0.05) is 0 Å². The van der Waals surface area contributed by atoms with Gasteiger partial charge in [0, 0.05) is 30.7 Å². The number of carbonyl (C=O) groups excluding carboxylic acids is 1. The van der Waals surface area contributed by atoms with Crippen LogP contribution in [0.5, 0.6) is 0 Å². The van der Waals surface area contributed by atoms with Crippen molar-refractivity contribution in [2.24, 2.45) is 0 Å². The fourth-order valence-electron chi connectivity index (χ4n) is 2.39. The van der Waals surface area contributed by atoms with Gasteiger partial charge in [-0.25, -0.2) is 9.18 Å². The summed E-state index contributed by atoms with van der Waals surface area (Å²) in [5.74, 6) is -0.300. The van der Waals surface area contributed by atoms with Gasteiger partial charge in [0.2, 0.25) is 0 Å². The number of nitrogens with zero attached hydrogens (tertiary/aromatic N) is 2. The number of hydrogen-bond acceptors (Lipinski definition) is 2. The zero-order valence-corrected chi connectivity index (χ0v) is 12.4. The molecular formula is C17H18FN3O. The minimum atomic E-state index is -0.300. The van der Waals surface area contributed by atoms with E-state index in [-0.39, 0.29) is 17.9 Å². The van der Waals surface area contributed by atoms with Crippen LogP contribution < -0.4 is 5.32 Å². The average molecular weight is 299 g/mol. The van der Waals surface area contributed by atoms with Crippen LogP contribution in [0.3, 0.4) is 0 Å². The second-order valence-electron chi connectivity index (χ2n) is 5.60. The van der Waals surface area contributed by atoms with Gasteiger partial charge in [0.15, 0.2) is 0 Å². The van der Waals surface area contributed by atoms with Crippen LogP contribution in [0.25, 0.3) is 0 Å². The number of anilines is 1. The van der Waals surface area contributed by atoms with E-state index in [4.69, 9.17) is 0 Å². The van der Waals surface area contributed by atoms with E-state index < -0.39 is 0 Å². The lowest BCUT2D eigenvalue weighted by Gasteiger charge is -2.23. The predicted molar refractivity (Wildman–Crippen MR) is 83.0 cm³/mol. The minimum Gasteiger partial charge on any atom is -0.317 e. The fourth-order valence-corrected chi connectivity index (χ4v) is 2.39. The Morgan fingerprint density at radius 2 is 2.05 bits per heavy atom. The Hall–Kier alpha value is -2.43. The number of pyridine rings is 1. The van der Waals surface area contributed by atoms with Crippen molar-refractivity contribution in [1.29, 1.82) is 0 Å². The largest absolute Gasteiger partial charge is 0.322 e. The van der Waals surface area contributed by atoms with Gasteiger partial charge in [0.25, 0.3) is 0 Å². The number of rotatable bonds is 4. The molecule has 4 nitrogen and oxygen atoms in total. The average Bonchev–Trinajstić information content (AvgIpc) is 3.33.